The Morgan fingerprint density at radius 3 is 1.30 bits per heavy atom. The topological polar surface area (TPSA) is 9.23 Å². The van der Waals surface area contributed by atoms with Crippen LogP contribution in [0.3, 0.4) is 0 Å². The fraction of sp³-hybridized carbons (Fsp3) is 0.0357. The van der Waals surface area contributed by atoms with Crippen molar-refractivity contribution >= 4 is 64.6 Å². The number of hydrogen-bond donors (Lipinski definition) is 0. The standard InChI is InChI=1S/C56H31F7O/c57-39-21-26-42-37(27-39)31-50(46-12-6-4-10-44(42)46)54-48-25-18-35(33-15-22-40(23-16-33)64-56(61,62)63)29-51(48)53(49-30-36-7-1-2-8-41(36)43-9-3-5-11-45(43)49)47-24-17-34(28-52(47)54)32-13-19-38(20-14-32)55(58,59)60/h1-31H. The first-order chi connectivity index (χ1) is 30.9. The normalized spacial score (nSPS) is 12.3. The van der Waals surface area contributed by atoms with Crippen molar-refractivity contribution in [1.82, 2.24) is 0 Å². The lowest BCUT2D eigenvalue weighted by molar-refractivity contribution is -0.274. The average molecular weight is 853 g/mol. The molecular weight excluding hydrogens is 822 g/mol. The molecule has 0 N–H and O–H groups in total. The van der Waals surface area contributed by atoms with E-state index in [-0.39, 0.29) is 11.6 Å². The lowest BCUT2D eigenvalue weighted by atomic mass is 9.81. The molecule has 0 fully saturated rings. The molecule has 11 aromatic rings. The molecule has 0 aliphatic carbocycles. The van der Waals surface area contributed by atoms with Gasteiger partial charge in [0, 0.05) is 0 Å². The molecule has 0 saturated heterocycles. The molecule has 0 unspecified atom stereocenters. The van der Waals surface area contributed by atoms with Gasteiger partial charge in [-0.1, -0.05) is 127 Å². The monoisotopic (exact) mass is 852 g/mol. The Morgan fingerprint density at radius 2 is 0.766 bits per heavy atom. The third-order valence-corrected chi connectivity index (χ3v) is 12.2. The Bertz CT molecular complexity index is 3660. The third-order valence-electron chi connectivity index (χ3n) is 12.2. The van der Waals surface area contributed by atoms with Gasteiger partial charge in [-0.3, -0.25) is 0 Å². The van der Waals surface area contributed by atoms with Gasteiger partial charge in [0.25, 0.3) is 0 Å². The van der Waals surface area contributed by atoms with Gasteiger partial charge in [-0.25, -0.2) is 4.39 Å². The third kappa shape index (κ3) is 6.74. The van der Waals surface area contributed by atoms with Crippen molar-refractivity contribution < 1.29 is 35.5 Å². The number of alkyl halides is 6. The minimum atomic E-state index is -4.84. The fourth-order valence-corrected chi connectivity index (χ4v) is 9.42. The van der Waals surface area contributed by atoms with Crippen molar-refractivity contribution in [3.8, 4) is 50.3 Å². The van der Waals surface area contributed by atoms with E-state index in [1.165, 1.54) is 36.4 Å². The highest BCUT2D eigenvalue weighted by Gasteiger charge is 2.32. The summed E-state index contributed by atoms with van der Waals surface area (Å²) in [6.07, 6.45) is -9.34. The van der Waals surface area contributed by atoms with E-state index in [0.717, 1.165) is 99.2 Å². The number of fused-ring (bicyclic) bond motifs is 8. The molecule has 0 aromatic heterocycles. The van der Waals surface area contributed by atoms with Crippen LogP contribution in [0.2, 0.25) is 0 Å². The summed E-state index contributed by atoms with van der Waals surface area (Å²) in [7, 11) is 0. The molecule has 0 atom stereocenters. The molecule has 0 saturated carbocycles. The van der Waals surface area contributed by atoms with Crippen LogP contribution < -0.4 is 4.74 Å². The average Bonchev–Trinajstić information content (AvgIpc) is 3.29. The quantitative estimate of drug-likeness (QED) is 0.0952. The number of halogens is 7. The van der Waals surface area contributed by atoms with Gasteiger partial charge in [0.2, 0.25) is 0 Å². The van der Waals surface area contributed by atoms with Gasteiger partial charge < -0.3 is 4.74 Å². The zero-order chi connectivity index (χ0) is 43.9. The zero-order valence-electron chi connectivity index (χ0n) is 33.5. The van der Waals surface area contributed by atoms with Crippen molar-refractivity contribution in [2.45, 2.75) is 12.5 Å². The van der Waals surface area contributed by atoms with Crippen LogP contribution >= 0.6 is 0 Å². The summed E-state index contributed by atoms with van der Waals surface area (Å²) in [5, 5.41) is 10.9. The Kier molecular flexibility index (Phi) is 8.99. The Hall–Kier alpha value is -7.71. The van der Waals surface area contributed by atoms with E-state index in [0.29, 0.717) is 22.1 Å². The summed E-state index contributed by atoms with van der Waals surface area (Å²) in [4.78, 5) is 0. The molecule has 11 aromatic carbocycles. The second kappa shape index (κ2) is 14.7. The zero-order valence-corrected chi connectivity index (χ0v) is 33.5. The minimum absolute atomic E-state index is 0.336. The van der Waals surface area contributed by atoms with Crippen LogP contribution in [0.15, 0.2) is 188 Å². The van der Waals surface area contributed by atoms with Gasteiger partial charge in [-0.05, 0) is 170 Å². The van der Waals surface area contributed by atoms with E-state index >= 15 is 4.39 Å². The van der Waals surface area contributed by atoms with Crippen LogP contribution in [0.1, 0.15) is 5.56 Å². The first-order valence-corrected chi connectivity index (χ1v) is 20.5. The predicted molar refractivity (Wildman–Crippen MR) is 245 cm³/mol. The Labute approximate surface area is 361 Å². The molecule has 1 nitrogen and oxygen atoms in total. The van der Waals surface area contributed by atoms with Crippen LogP contribution in [0.4, 0.5) is 30.7 Å². The van der Waals surface area contributed by atoms with Crippen molar-refractivity contribution in [3.05, 3.63) is 199 Å². The molecule has 0 heterocycles. The molecule has 0 radical (unpaired) electrons. The van der Waals surface area contributed by atoms with Crippen LogP contribution in [-0.2, 0) is 6.18 Å². The maximum Gasteiger partial charge on any atom is 0.573 e. The molecule has 0 bridgehead atoms. The SMILES string of the molecule is Fc1ccc2c(c1)cc(-c1c3ccc(-c4ccc(OC(F)(F)F)cc4)cc3c(-c3cc4ccccc4c4ccccc34)c3ccc(-c4ccc(C(F)(F)F)cc4)cc13)c1ccccc12. The second-order valence-electron chi connectivity index (χ2n) is 15.9. The minimum Gasteiger partial charge on any atom is -0.406 e. The first-order valence-electron chi connectivity index (χ1n) is 20.5. The van der Waals surface area contributed by atoms with Gasteiger partial charge in [-0.2, -0.15) is 13.2 Å². The number of benzene rings is 11. The van der Waals surface area contributed by atoms with Gasteiger partial charge in [0.1, 0.15) is 11.6 Å². The fourth-order valence-electron chi connectivity index (χ4n) is 9.42. The molecule has 0 aliphatic heterocycles. The van der Waals surface area contributed by atoms with Crippen LogP contribution in [0.25, 0.3) is 109 Å². The lowest BCUT2D eigenvalue weighted by Gasteiger charge is -2.22. The van der Waals surface area contributed by atoms with Gasteiger partial charge in [0.15, 0.2) is 0 Å². The van der Waals surface area contributed by atoms with Gasteiger partial charge >= 0.3 is 12.5 Å². The smallest absolute Gasteiger partial charge is 0.406 e. The molecular formula is C56H31F7O. The summed E-state index contributed by atoms with van der Waals surface area (Å²) >= 11 is 0. The van der Waals surface area contributed by atoms with E-state index in [4.69, 9.17) is 0 Å². The van der Waals surface area contributed by atoms with E-state index in [1.807, 2.05) is 84.9 Å². The first kappa shape index (κ1) is 39.2. The van der Waals surface area contributed by atoms with E-state index < -0.39 is 18.1 Å². The van der Waals surface area contributed by atoms with Gasteiger partial charge in [0.05, 0.1) is 5.56 Å². The molecule has 0 amide bonds. The summed E-state index contributed by atoms with van der Waals surface area (Å²) in [5.74, 6) is -0.722. The Morgan fingerprint density at radius 1 is 0.328 bits per heavy atom. The van der Waals surface area contributed by atoms with E-state index in [1.54, 1.807) is 18.2 Å². The number of ether oxygens (including phenoxy) is 1. The van der Waals surface area contributed by atoms with Crippen molar-refractivity contribution in [1.29, 1.82) is 0 Å². The molecule has 0 spiro atoms. The molecule has 8 heteroatoms. The summed E-state index contributed by atoms with van der Waals surface area (Å²) in [6.45, 7) is 0. The lowest BCUT2D eigenvalue weighted by Crippen LogP contribution is -2.16. The number of hydrogen-bond acceptors (Lipinski definition) is 1. The summed E-state index contributed by atoms with van der Waals surface area (Å²) in [6, 6.07) is 56.1. The van der Waals surface area contributed by atoms with Crippen molar-refractivity contribution in [2.24, 2.45) is 0 Å². The highest BCUT2D eigenvalue weighted by atomic mass is 19.4. The summed E-state index contributed by atoms with van der Waals surface area (Å²) < 4.78 is 100.0. The molecule has 64 heavy (non-hydrogen) atoms. The highest BCUT2D eigenvalue weighted by molar-refractivity contribution is 6.29. The van der Waals surface area contributed by atoms with E-state index in [2.05, 4.69) is 41.1 Å². The second-order valence-corrected chi connectivity index (χ2v) is 15.9. The molecule has 0 aliphatic rings. The maximum absolute atomic E-state index is 15.1. The number of rotatable bonds is 5. The Balaban J connectivity index is 1.30. The van der Waals surface area contributed by atoms with Crippen molar-refractivity contribution in [3.63, 3.8) is 0 Å². The van der Waals surface area contributed by atoms with Crippen LogP contribution in [0, 0.1) is 5.82 Å². The van der Waals surface area contributed by atoms with Crippen molar-refractivity contribution in [2.75, 3.05) is 0 Å². The summed E-state index contributed by atoms with van der Waals surface area (Å²) in [5.41, 5.74) is 5.44. The van der Waals surface area contributed by atoms with Crippen LogP contribution in [-0.4, -0.2) is 6.36 Å². The van der Waals surface area contributed by atoms with Crippen LogP contribution in [0.5, 0.6) is 5.75 Å². The van der Waals surface area contributed by atoms with Gasteiger partial charge in [-0.15, -0.1) is 13.2 Å². The van der Waals surface area contributed by atoms with E-state index in [9.17, 15) is 26.3 Å². The highest BCUT2D eigenvalue weighted by Crippen LogP contribution is 2.50. The molecule has 310 valence electrons. The molecule has 11 rings (SSSR count). The maximum atomic E-state index is 15.1. The predicted octanol–water partition coefficient (Wildman–Crippen LogP) is 17.3. The largest absolute Gasteiger partial charge is 0.573 e.